The van der Waals surface area contributed by atoms with Gasteiger partial charge in [-0.15, -0.1) is 0 Å². The average Bonchev–Trinajstić information content (AvgIpc) is 2.60. The number of carbonyl (C=O) groups excluding carboxylic acids is 2. The summed E-state index contributed by atoms with van der Waals surface area (Å²) in [7, 11) is 1.52. The molecule has 0 heterocycles. The first-order valence-corrected chi connectivity index (χ1v) is 7.48. The highest BCUT2D eigenvalue weighted by molar-refractivity contribution is 5.96. The van der Waals surface area contributed by atoms with Crippen molar-refractivity contribution in [3.05, 3.63) is 59.7 Å². The largest absolute Gasteiger partial charge is 0.493 e. The summed E-state index contributed by atoms with van der Waals surface area (Å²) in [5.41, 5.74) is 6.06. The molecule has 24 heavy (non-hydrogen) atoms. The van der Waals surface area contributed by atoms with Gasteiger partial charge >= 0.3 is 0 Å². The summed E-state index contributed by atoms with van der Waals surface area (Å²) < 4.78 is 10.7. The number of aryl methyl sites for hydroxylation is 1. The minimum Gasteiger partial charge on any atom is -0.493 e. The van der Waals surface area contributed by atoms with Crippen molar-refractivity contribution in [3.8, 4) is 11.5 Å². The smallest absolute Gasteiger partial charge is 0.279 e. The third-order valence-corrected chi connectivity index (χ3v) is 3.43. The molecule has 2 amide bonds. The van der Waals surface area contributed by atoms with Gasteiger partial charge in [0.2, 0.25) is 0 Å². The maximum atomic E-state index is 12.1. The molecule has 0 radical (unpaired) electrons. The summed E-state index contributed by atoms with van der Waals surface area (Å²) >= 11 is 0. The molecule has 0 aliphatic heterocycles. The molecule has 0 aliphatic carbocycles. The molecule has 2 aromatic rings. The Hall–Kier alpha value is -3.02. The zero-order valence-electron chi connectivity index (χ0n) is 13.8. The molecule has 0 saturated carbocycles. The van der Waals surface area contributed by atoms with Crippen LogP contribution in [0.2, 0.25) is 0 Å². The second-order valence-corrected chi connectivity index (χ2v) is 5.17. The van der Waals surface area contributed by atoms with Gasteiger partial charge in [-0.3, -0.25) is 20.4 Å². The summed E-state index contributed by atoms with van der Waals surface area (Å²) in [6.07, 6.45) is -0.807. The van der Waals surface area contributed by atoms with Crippen LogP contribution in [0.15, 0.2) is 48.5 Å². The monoisotopic (exact) mass is 328 g/mol. The van der Waals surface area contributed by atoms with Crippen molar-refractivity contribution in [2.24, 2.45) is 0 Å². The topological polar surface area (TPSA) is 76.7 Å². The lowest BCUT2D eigenvalue weighted by atomic mass is 10.1. The summed E-state index contributed by atoms with van der Waals surface area (Å²) in [4.78, 5) is 24.1. The number of ether oxygens (including phenoxy) is 2. The standard InChI is InChI=1S/C18H20N2O4/c1-12-8-4-5-9-14(12)18(22)20-19-17(21)13(2)24-16-11-7-6-10-15(16)23-3/h4-11,13H,1-3H3,(H,19,21)(H,20,22). The lowest BCUT2D eigenvalue weighted by Gasteiger charge is -2.17. The summed E-state index contributed by atoms with van der Waals surface area (Å²) in [6, 6.07) is 14.1. The van der Waals surface area contributed by atoms with Crippen LogP contribution in [-0.2, 0) is 4.79 Å². The van der Waals surface area contributed by atoms with Crippen LogP contribution in [0.5, 0.6) is 11.5 Å². The van der Waals surface area contributed by atoms with Crippen LogP contribution in [0, 0.1) is 6.92 Å². The van der Waals surface area contributed by atoms with Gasteiger partial charge in [0, 0.05) is 5.56 Å². The van der Waals surface area contributed by atoms with E-state index in [0.717, 1.165) is 5.56 Å². The zero-order chi connectivity index (χ0) is 17.5. The van der Waals surface area contributed by atoms with Crippen molar-refractivity contribution in [1.82, 2.24) is 10.9 Å². The van der Waals surface area contributed by atoms with Crippen molar-refractivity contribution in [1.29, 1.82) is 0 Å². The molecule has 0 aromatic heterocycles. The minimum absolute atomic E-state index is 0.383. The molecule has 6 heteroatoms. The van der Waals surface area contributed by atoms with E-state index >= 15 is 0 Å². The van der Waals surface area contributed by atoms with Crippen LogP contribution in [0.3, 0.4) is 0 Å². The molecule has 0 spiro atoms. The molecule has 0 bridgehead atoms. The van der Waals surface area contributed by atoms with Crippen LogP contribution in [0.1, 0.15) is 22.8 Å². The number of rotatable bonds is 5. The van der Waals surface area contributed by atoms with Gasteiger partial charge in [-0.2, -0.15) is 0 Å². The maximum absolute atomic E-state index is 12.1. The second kappa shape index (κ2) is 8.01. The van der Waals surface area contributed by atoms with Gasteiger partial charge in [0.05, 0.1) is 7.11 Å². The average molecular weight is 328 g/mol. The molecule has 2 rings (SSSR count). The number of hydrazine groups is 1. The summed E-state index contributed by atoms with van der Waals surface area (Å²) in [5, 5.41) is 0. The fourth-order valence-corrected chi connectivity index (χ4v) is 2.08. The Labute approximate surface area is 140 Å². The third kappa shape index (κ3) is 4.25. The maximum Gasteiger partial charge on any atom is 0.279 e. The van der Waals surface area contributed by atoms with Crippen molar-refractivity contribution < 1.29 is 19.1 Å². The minimum atomic E-state index is -0.807. The van der Waals surface area contributed by atoms with E-state index in [1.807, 2.05) is 19.1 Å². The van der Waals surface area contributed by atoms with E-state index in [1.165, 1.54) is 7.11 Å². The van der Waals surface area contributed by atoms with Crippen molar-refractivity contribution in [2.75, 3.05) is 7.11 Å². The molecule has 0 saturated heterocycles. The fraction of sp³-hybridized carbons (Fsp3) is 0.222. The number of methoxy groups -OCH3 is 1. The molecule has 0 aliphatic rings. The second-order valence-electron chi connectivity index (χ2n) is 5.17. The Morgan fingerprint density at radius 2 is 1.58 bits per heavy atom. The predicted octanol–water partition coefficient (Wildman–Crippen LogP) is 2.23. The first-order valence-electron chi connectivity index (χ1n) is 7.48. The van der Waals surface area contributed by atoms with Crippen molar-refractivity contribution in [3.63, 3.8) is 0 Å². The van der Waals surface area contributed by atoms with Crippen molar-refractivity contribution in [2.45, 2.75) is 20.0 Å². The van der Waals surface area contributed by atoms with Crippen LogP contribution in [-0.4, -0.2) is 25.0 Å². The normalized spacial score (nSPS) is 11.3. The molecular formula is C18H20N2O4. The number of para-hydroxylation sites is 2. The number of carbonyl (C=O) groups is 2. The Kier molecular flexibility index (Phi) is 5.78. The van der Waals surface area contributed by atoms with Gasteiger partial charge in [-0.25, -0.2) is 0 Å². The molecular weight excluding hydrogens is 308 g/mol. The molecule has 126 valence electrons. The Morgan fingerprint density at radius 1 is 0.958 bits per heavy atom. The Balaban J connectivity index is 1.92. The molecule has 0 fully saturated rings. The van der Waals surface area contributed by atoms with Crippen LogP contribution in [0.4, 0.5) is 0 Å². The highest BCUT2D eigenvalue weighted by Gasteiger charge is 2.18. The first-order chi connectivity index (χ1) is 11.5. The van der Waals surface area contributed by atoms with Gasteiger partial charge in [0.15, 0.2) is 17.6 Å². The van der Waals surface area contributed by atoms with Crippen LogP contribution >= 0.6 is 0 Å². The number of hydrogen-bond acceptors (Lipinski definition) is 4. The number of nitrogens with one attached hydrogen (secondary N) is 2. The SMILES string of the molecule is COc1ccccc1OC(C)C(=O)NNC(=O)c1ccccc1C. The number of benzene rings is 2. The number of hydrogen-bond donors (Lipinski definition) is 2. The lowest BCUT2D eigenvalue weighted by molar-refractivity contribution is -0.128. The molecule has 2 N–H and O–H groups in total. The van der Waals surface area contributed by atoms with Gasteiger partial charge in [-0.05, 0) is 37.6 Å². The van der Waals surface area contributed by atoms with E-state index in [0.29, 0.717) is 17.1 Å². The van der Waals surface area contributed by atoms with E-state index in [9.17, 15) is 9.59 Å². The summed E-state index contributed by atoms with van der Waals surface area (Å²) in [5.74, 6) is 0.128. The van der Waals surface area contributed by atoms with Crippen LogP contribution < -0.4 is 20.3 Å². The predicted molar refractivity (Wildman–Crippen MR) is 89.9 cm³/mol. The van der Waals surface area contributed by atoms with Gasteiger partial charge < -0.3 is 9.47 Å². The molecule has 6 nitrogen and oxygen atoms in total. The molecule has 1 unspecified atom stereocenters. The van der Waals surface area contributed by atoms with Crippen molar-refractivity contribution >= 4 is 11.8 Å². The van der Waals surface area contributed by atoms with Gasteiger partial charge in [0.25, 0.3) is 11.8 Å². The van der Waals surface area contributed by atoms with Crippen LogP contribution in [0.25, 0.3) is 0 Å². The summed E-state index contributed by atoms with van der Waals surface area (Å²) in [6.45, 7) is 3.41. The fourth-order valence-electron chi connectivity index (χ4n) is 2.08. The van der Waals surface area contributed by atoms with E-state index < -0.39 is 12.0 Å². The van der Waals surface area contributed by atoms with E-state index in [1.54, 1.807) is 43.3 Å². The quantitative estimate of drug-likeness (QED) is 0.825. The van der Waals surface area contributed by atoms with E-state index in [-0.39, 0.29) is 5.91 Å². The lowest BCUT2D eigenvalue weighted by Crippen LogP contribution is -2.47. The Morgan fingerprint density at radius 3 is 2.25 bits per heavy atom. The molecule has 1 atom stereocenters. The van der Waals surface area contributed by atoms with Gasteiger partial charge in [0.1, 0.15) is 0 Å². The highest BCUT2D eigenvalue weighted by Crippen LogP contribution is 2.26. The third-order valence-electron chi connectivity index (χ3n) is 3.43. The first kappa shape index (κ1) is 17.3. The number of amides is 2. The Bertz CT molecular complexity index is 730. The highest BCUT2D eigenvalue weighted by atomic mass is 16.5. The molecule has 2 aromatic carbocycles. The van der Waals surface area contributed by atoms with Gasteiger partial charge in [-0.1, -0.05) is 30.3 Å². The van der Waals surface area contributed by atoms with E-state index in [4.69, 9.17) is 9.47 Å². The zero-order valence-corrected chi connectivity index (χ0v) is 13.8. The van der Waals surface area contributed by atoms with E-state index in [2.05, 4.69) is 10.9 Å².